The Bertz CT molecular complexity index is 267. The Hall–Kier alpha value is -0.870. The number of amides is 1. The molecule has 0 radical (unpaired) electrons. The number of rotatable bonds is 2. The summed E-state index contributed by atoms with van der Waals surface area (Å²) >= 11 is 0. The molecule has 4 nitrogen and oxygen atoms in total. The quantitative estimate of drug-likeness (QED) is 0.627. The summed E-state index contributed by atoms with van der Waals surface area (Å²) in [6.45, 7) is 0.548. The van der Waals surface area contributed by atoms with E-state index in [1.165, 1.54) is 0 Å². The largest absolute Gasteiger partial charge is 0.388 e. The summed E-state index contributed by atoms with van der Waals surface area (Å²) in [4.78, 5) is 13.3. The van der Waals surface area contributed by atoms with Gasteiger partial charge in [-0.05, 0) is 18.8 Å². The average molecular weight is 211 g/mol. The van der Waals surface area contributed by atoms with E-state index in [1.54, 1.807) is 4.90 Å². The first kappa shape index (κ1) is 10.6. The highest BCUT2D eigenvalue weighted by atomic mass is 16.3. The van der Waals surface area contributed by atoms with E-state index >= 15 is 0 Å². The Balaban J connectivity index is 1.83. The van der Waals surface area contributed by atoms with E-state index in [9.17, 15) is 15.0 Å². The van der Waals surface area contributed by atoms with Crippen molar-refractivity contribution >= 4 is 5.91 Å². The predicted molar refractivity (Wildman–Crippen MR) is 55.1 cm³/mol. The third kappa shape index (κ3) is 2.38. The van der Waals surface area contributed by atoms with Crippen LogP contribution in [0.3, 0.4) is 0 Å². The number of hydrogen-bond donors (Lipinski definition) is 2. The summed E-state index contributed by atoms with van der Waals surface area (Å²) in [6, 6.07) is 0. The van der Waals surface area contributed by atoms with E-state index in [0.717, 1.165) is 12.8 Å². The van der Waals surface area contributed by atoms with Gasteiger partial charge in [-0.3, -0.25) is 4.79 Å². The Morgan fingerprint density at radius 3 is 2.53 bits per heavy atom. The molecule has 1 heterocycles. The fraction of sp³-hybridized carbons (Fsp3) is 0.727. The molecule has 0 aromatic heterocycles. The van der Waals surface area contributed by atoms with E-state index in [4.69, 9.17) is 0 Å². The van der Waals surface area contributed by atoms with Crippen molar-refractivity contribution in [2.45, 2.75) is 31.5 Å². The highest BCUT2D eigenvalue weighted by Crippen LogP contribution is 2.22. The van der Waals surface area contributed by atoms with Crippen LogP contribution in [0.1, 0.15) is 19.3 Å². The second-order valence-electron chi connectivity index (χ2n) is 4.40. The van der Waals surface area contributed by atoms with Gasteiger partial charge in [0.1, 0.15) is 0 Å². The zero-order valence-electron chi connectivity index (χ0n) is 8.67. The van der Waals surface area contributed by atoms with Gasteiger partial charge in [0.25, 0.3) is 0 Å². The van der Waals surface area contributed by atoms with Crippen molar-refractivity contribution in [1.82, 2.24) is 4.90 Å². The van der Waals surface area contributed by atoms with Gasteiger partial charge in [0, 0.05) is 19.5 Å². The maximum Gasteiger partial charge on any atom is 0.223 e. The molecule has 0 bridgehead atoms. The Kier molecular flexibility index (Phi) is 3.07. The fourth-order valence-corrected chi connectivity index (χ4v) is 2.19. The van der Waals surface area contributed by atoms with Gasteiger partial charge in [-0.15, -0.1) is 0 Å². The lowest BCUT2D eigenvalue weighted by Crippen LogP contribution is -2.30. The van der Waals surface area contributed by atoms with E-state index in [0.29, 0.717) is 12.3 Å². The monoisotopic (exact) mass is 211 g/mol. The zero-order valence-corrected chi connectivity index (χ0v) is 8.67. The molecule has 0 aromatic rings. The Morgan fingerprint density at radius 1 is 1.33 bits per heavy atom. The molecule has 4 heteroatoms. The number of aliphatic hydroxyl groups excluding tert-OH is 2. The van der Waals surface area contributed by atoms with Crippen molar-refractivity contribution in [3.63, 3.8) is 0 Å². The van der Waals surface area contributed by atoms with Gasteiger partial charge >= 0.3 is 0 Å². The number of hydrogen-bond acceptors (Lipinski definition) is 3. The highest BCUT2D eigenvalue weighted by molar-refractivity contribution is 5.77. The van der Waals surface area contributed by atoms with Crippen molar-refractivity contribution in [1.29, 1.82) is 0 Å². The van der Waals surface area contributed by atoms with Crippen LogP contribution in [0.2, 0.25) is 0 Å². The molecule has 15 heavy (non-hydrogen) atoms. The van der Waals surface area contributed by atoms with Crippen molar-refractivity contribution in [2.75, 3.05) is 13.1 Å². The average Bonchev–Trinajstić information content (AvgIpc) is 2.78. The molecule has 2 rings (SSSR count). The Morgan fingerprint density at radius 2 is 2.00 bits per heavy atom. The van der Waals surface area contributed by atoms with Gasteiger partial charge in [0.15, 0.2) is 0 Å². The van der Waals surface area contributed by atoms with Crippen LogP contribution in [0.4, 0.5) is 0 Å². The topological polar surface area (TPSA) is 60.8 Å². The van der Waals surface area contributed by atoms with Gasteiger partial charge in [-0.25, -0.2) is 0 Å². The number of nitrogens with zero attached hydrogens (tertiary/aromatic N) is 1. The molecule has 1 amide bonds. The molecular weight excluding hydrogens is 194 g/mol. The van der Waals surface area contributed by atoms with Gasteiger partial charge < -0.3 is 15.1 Å². The van der Waals surface area contributed by atoms with E-state index in [-0.39, 0.29) is 19.0 Å². The minimum atomic E-state index is -0.770. The third-order valence-electron chi connectivity index (χ3n) is 3.16. The molecular formula is C11H17NO3. The minimum Gasteiger partial charge on any atom is -0.388 e. The lowest BCUT2D eigenvalue weighted by molar-refractivity contribution is -0.131. The molecule has 0 aromatic carbocycles. The van der Waals surface area contributed by atoms with Gasteiger partial charge in [0.2, 0.25) is 5.91 Å². The number of likely N-dealkylation sites (tertiary alicyclic amines) is 1. The second kappa shape index (κ2) is 4.33. The van der Waals surface area contributed by atoms with Crippen molar-refractivity contribution in [3.8, 4) is 0 Å². The first-order chi connectivity index (χ1) is 7.16. The second-order valence-corrected chi connectivity index (χ2v) is 4.40. The lowest BCUT2D eigenvalue weighted by atomic mass is 10.0. The maximum absolute atomic E-state index is 11.8. The van der Waals surface area contributed by atoms with Crippen molar-refractivity contribution in [2.24, 2.45) is 5.92 Å². The molecule has 2 aliphatic rings. The number of allylic oxidation sites excluding steroid dienone is 2. The fourth-order valence-electron chi connectivity index (χ4n) is 2.19. The molecule has 1 aliphatic heterocycles. The molecule has 84 valence electrons. The SMILES string of the molecule is O=C(CC1C=CCC1)N1CC(O)C(O)C1. The standard InChI is InChI=1S/C11H17NO3/c13-9-6-12(7-10(9)14)11(15)5-8-3-1-2-4-8/h1,3,8-10,13-14H,2,4-7H2. The van der Waals surface area contributed by atoms with Crippen LogP contribution in [0.5, 0.6) is 0 Å². The van der Waals surface area contributed by atoms with Crippen LogP contribution in [-0.4, -0.2) is 46.3 Å². The van der Waals surface area contributed by atoms with Gasteiger partial charge in [-0.2, -0.15) is 0 Å². The molecule has 2 N–H and O–H groups in total. The van der Waals surface area contributed by atoms with Crippen LogP contribution >= 0.6 is 0 Å². The van der Waals surface area contributed by atoms with E-state index in [2.05, 4.69) is 12.2 Å². The number of carbonyl (C=O) groups excluding carboxylic acids is 1. The number of carbonyl (C=O) groups is 1. The molecule has 1 saturated heterocycles. The van der Waals surface area contributed by atoms with Crippen LogP contribution in [0.15, 0.2) is 12.2 Å². The van der Waals surface area contributed by atoms with E-state index < -0.39 is 12.2 Å². The molecule has 3 unspecified atom stereocenters. The summed E-state index contributed by atoms with van der Waals surface area (Å²) in [5.74, 6) is 0.398. The minimum absolute atomic E-state index is 0.0437. The Labute approximate surface area is 89.2 Å². The highest BCUT2D eigenvalue weighted by Gasteiger charge is 2.32. The maximum atomic E-state index is 11.8. The van der Waals surface area contributed by atoms with Crippen LogP contribution in [-0.2, 0) is 4.79 Å². The molecule has 1 fully saturated rings. The first-order valence-electron chi connectivity index (χ1n) is 5.47. The first-order valence-corrected chi connectivity index (χ1v) is 5.47. The molecule has 3 atom stereocenters. The van der Waals surface area contributed by atoms with Crippen LogP contribution in [0, 0.1) is 5.92 Å². The zero-order chi connectivity index (χ0) is 10.8. The summed E-state index contributed by atoms with van der Waals surface area (Å²) in [7, 11) is 0. The van der Waals surface area contributed by atoms with Crippen molar-refractivity contribution < 1.29 is 15.0 Å². The summed E-state index contributed by atoms with van der Waals surface area (Å²) in [6.07, 6.45) is 5.26. The molecule has 0 saturated carbocycles. The summed E-state index contributed by atoms with van der Waals surface area (Å²) in [5.41, 5.74) is 0. The van der Waals surface area contributed by atoms with Gasteiger partial charge in [0.05, 0.1) is 12.2 Å². The molecule has 0 spiro atoms. The molecule has 1 aliphatic carbocycles. The van der Waals surface area contributed by atoms with Crippen LogP contribution in [0.25, 0.3) is 0 Å². The van der Waals surface area contributed by atoms with Crippen LogP contribution < -0.4 is 0 Å². The van der Waals surface area contributed by atoms with Gasteiger partial charge in [-0.1, -0.05) is 12.2 Å². The van der Waals surface area contributed by atoms with Crippen molar-refractivity contribution in [3.05, 3.63) is 12.2 Å². The number of β-amino-alcohol motifs (C(OH)–C–C–N with tert-alkyl or cyclic N) is 2. The van der Waals surface area contributed by atoms with E-state index in [1.807, 2.05) is 0 Å². The summed E-state index contributed by atoms with van der Waals surface area (Å²) in [5, 5.41) is 18.6. The lowest BCUT2D eigenvalue weighted by Gasteiger charge is -2.17. The third-order valence-corrected chi connectivity index (χ3v) is 3.16. The summed E-state index contributed by atoms with van der Waals surface area (Å²) < 4.78 is 0. The predicted octanol–water partition coefficient (Wildman–Crippen LogP) is -0.0933. The number of aliphatic hydroxyl groups is 2. The normalized spacial score (nSPS) is 35.1. The smallest absolute Gasteiger partial charge is 0.223 e.